The van der Waals surface area contributed by atoms with Crippen LogP contribution in [0.2, 0.25) is 0 Å². The van der Waals surface area contributed by atoms with Crippen molar-refractivity contribution in [1.29, 1.82) is 5.26 Å². The molecule has 0 radical (unpaired) electrons. The van der Waals surface area contributed by atoms with Gasteiger partial charge in [-0.25, -0.2) is 0 Å². The van der Waals surface area contributed by atoms with E-state index in [1.54, 1.807) is 30.4 Å². The van der Waals surface area contributed by atoms with E-state index in [4.69, 9.17) is 11.0 Å². The van der Waals surface area contributed by atoms with Gasteiger partial charge in [0.2, 0.25) is 0 Å². The molecule has 0 amide bonds. The second-order valence-electron chi connectivity index (χ2n) is 2.76. The lowest BCUT2D eigenvalue weighted by molar-refractivity contribution is -0.107. The van der Waals surface area contributed by atoms with Crippen molar-refractivity contribution in [3.8, 4) is 6.07 Å². The zero-order chi connectivity index (χ0) is 10.4. The summed E-state index contributed by atoms with van der Waals surface area (Å²) in [6.45, 7) is 0. The van der Waals surface area contributed by atoms with Crippen molar-refractivity contribution in [1.82, 2.24) is 0 Å². The van der Waals surface area contributed by atoms with E-state index < -0.39 is 0 Å². The normalized spacial score (nSPS) is 9.93. The summed E-state index contributed by atoms with van der Waals surface area (Å²) in [5.41, 5.74) is 7.35. The second kappa shape index (κ2) is 4.83. The summed E-state index contributed by atoms with van der Waals surface area (Å²) in [5, 5.41) is 8.70. The van der Waals surface area contributed by atoms with Crippen LogP contribution < -0.4 is 5.73 Å². The molecular weight excluding hydrogens is 176 g/mol. The number of aldehydes is 1. The molecule has 1 aromatic carbocycles. The number of allylic oxidation sites excluding steroid dienone is 1. The van der Waals surface area contributed by atoms with Crippen molar-refractivity contribution in [3.05, 3.63) is 35.4 Å². The van der Waals surface area contributed by atoms with Crippen molar-refractivity contribution < 1.29 is 4.79 Å². The zero-order valence-corrected chi connectivity index (χ0v) is 7.60. The molecular formula is C11H10N2O. The van der Waals surface area contributed by atoms with Crippen LogP contribution in [0.5, 0.6) is 0 Å². The molecule has 0 aliphatic carbocycles. The van der Waals surface area contributed by atoms with Crippen LogP contribution in [0.15, 0.2) is 24.3 Å². The lowest BCUT2D eigenvalue weighted by Crippen LogP contribution is -1.89. The van der Waals surface area contributed by atoms with E-state index in [1.165, 1.54) is 0 Å². The van der Waals surface area contributed by atoms with Crippen molar-refractivity contribution in [2.24, 2.45) is 0 Å². The fourth-order valence-electron chi connectivity index (χ4n) is 1.03. The molecule has 3 heteroatoms. The Morgan fingerprint density at radius 1 is 1.50 bits per heavy atom. The molecule has 0 aliphatic heterocycles. The van der Waals surface area contributed by atoms with Gasteiger partial charge >= 0.3 is 0 Å². The molecule has 14 heavy (non-hydrogen) atoms. The Bertz CT molecular complexity index is 402. The number of hydrogen-bond acceptors (Lipinski definition) is 3. The Morgan fingerprint density at radius 3 is 2.93 bits per heavy atom. The van der Waals surface area contributed by atoms with Crippen LogP contribution in [-0.2, 0) is 4.79 Å². The minimum absolute atomic E-state index is 0.381. The third-order valence-electron chi connectivity index (χ3n) is 1.74. The topological polar surface area (TPSA) is 66.9 Å². The molecule has 0 spiro atoms. The number of nitrogen functional groups attached to an aromatic ring is 1. The average Bonchev–Trinajstić information content (AvgIpc) is 2.21. The molecule has 0 fully saturated rings. The summed E-state index contributed by atoms with van der Waals surface area (Å²) >= 11 is 0. The molecule has 1 aromatic rings. The number of nitriles is 1. The van der Waals surface area contributed by atoms with Gasteiger partial charge in [-0.2, -0.15) is 5.26 Å². The van der Waals surface area contributed by atoms with E-state index in [-0.39, 0.29) is 0 Å². The highest BCUT2D eigenvalue weighted by atomic mass is 16.1. The standard InChI is InChI=1S/C11H10N2O/c12-8-10-7-9(3-1-2-6-14)4-5-11(10)13/h1,3-7H,2,13H2. The van der Waals surface area contributed by atoms with Gasteiger partial charge in [-0.15, -0.1) is 0 Å². The fourth-order valence-corrected chi connectivity index (χ4v) is 1.03. The van der Waals surface area contributed by atoms with Crippen LogP contribution in [-0.4, -0.2) is 6.29 Å². The zero-order valence-electron chi connectivity index (χ0n) is 7.60. The fraction of sp³-hybridized carbons (Fsp3) is 0.0909. The van der Waals surface area contributed by atoms with Crippen LogP contribution in [0.1, 0.15) is 17.5 Å². The highest BCUT2D eigenvalue weighted by Crippen LogP contribution is 2.13. The maximum Gasteiger partial charge on any atom is 0.123 e. The summed E-state index contributed by atoms with van der Waals surface area (Å²) in [5.74, 6) is 0. The minimum atomic E-state index is 0.381. The molecule has 70 valence electrons. The Balaban J connectivity index is 2.91. The Morgan fingerprint density at radius 2 is 2.29 bits per heavy atom. The molecule has 0 aromatic heterocycles. The number of hydrogen-bond donors (Lipinski definition) is 1. The van der Waals surface area contributed by atoms with Crippen LogP contribution in [0, 0.1) is 11.3 Å². The van der Waals surface area contributed by atoms with Crippen LogP contribution >= 0.6 is 0 Å². The van der Waals surface area contributed by atoms with Gasteiger partial charge in [0.05, 0.1) is 5.56 Å². The van der Waals surface area contributed by atoms with Gasteiger partial charge in [-0.1, -0.05) is 18.2 Å². The number of anilines is 1. The van der Waals surface area contributed by atoms with Crippen LogP contribution in [0.3, 0.4) is 0 Å². The Labute approximate surface area is 82.5 Å². The smallest absolute Gasteiger partial charge is 0.123 e. The summed E-state index contributed by atoms with van der Waals surface area (Å²) in [6.07, 6.45) is 4.72. The van der Waals surface area contributed by atoms with Crippen LogP contribution in [0.25, 0.3) is 6.08 Å². The van der Waals surface area contributed by atoms with Gasteiger partial charge in [-0.3, -0.25) is 0 Å². The van der Waals surface area contributed by atoms with Crippen molar-refractivity contribution in [3.63, 3.8) is 0 Å². The van der Waals surface area contributed by atoms with Gasteiger partial charge in [0, 0.05) is 12.1 Å². The predicted molar refractivity (Wildman–Crippen MR) is 55.3 cm³/mol. The number of benzene rings is 1. The predicted octanol–water partition coefficient (Wildman–Crippen LogP) is 1.74. The second-order valence-corrected chi connectivity index (χ2v) is 2.76. The van der Waals surface area contributed by atoms with E-state index in [9.17, 15) is 4.79 Å². The molecule has 1 rings (SSSR count). The first-order valence-corrected chi connectivity index (χ1v) is 4.17. The molecule has 0 saturated heterocycles. The molecule has 0 unspecified atom stereocenters. The van der Waals surface area contributed by atoms with Gasteiger partial charge < -0.3 is 10.5 Å². The third-order valence-corrected chi connectivity index (χ3v) is 1.74. The molecule has 0 aliphatic rings. The van der Waals surface area contributed by atoms with Gasteiger partial charge in [0.15, 0.2) is 0 Å². The van der Waals surface area contributed by atoms with Gasteiger partial charge in [0.25, 0.3) is 0 Å². The highest BCUT2D eigenvalue weighted by Gasteiger charge is 1.96. The quantitative estimate of drug-likeness (QED) is 0.577. The van der Waals surface area contributed by atoms with E-state index in [1.807, 2.05) is 6.07 Å². The minimum Gasteiger partial charge on any atom is -0.398 e. The van der Waals surface area contributed by atoms with Crippen molar-refractivity contribution in [2.45, 2.75) is 6.42 Å². The molecule has 0 bridgehead atoms. The monoisotopic (exact) mass is 186 g/mol. The van der Waals surface area contributed by atoms with Crippen molar-refractivity contribution >= 4 is 18.0 Å². The first-order chi connectivity index (χ1) is 6.77. The average molecular weight is 186 g/mol. The van der Waals surface area contributed by atoms with E-state index in [2.05, 4.69) is 0 Å². The van der Waals surface area contributed by atoms with Crippen LogP contribution in [0.4, 0.5) is 5.69 Å². The lowest BCUT2D eigenvalue weighted by atomic mass is 10.1. The third kappa shape index (κ3) is 2.46. The molecule has 0 atom stereocenters. The number of rotatable bonds is 3. The molecule has 3 nitrogen and oxygen atoms in total. The molecule has 0 saturated carbocycles. The van der Waals surface area contributed by atoms with E-state index in [0.29, 0.717) is 17.7 Å². The largest absolute Gasteiger partial charge is 0.398 e. The first-order valence-electron chi connectivity index (χ1n) is 4.17. The first kappa shape index (κ1) is 10.0. The van der Waals surface area contributed by atoms with E-state index in [0.717, 1.165) is 11.8 Å². The Hall–Kier alpha value is -2.08. The maximum absolute atomic E-state index is 10.0. The van der Waals surface area contributed by atoms with E-state index >= 15 is 0 Å². The summed E-state index contributed by atoms with van der Waals surface area (Å²) in [4.78, 5) is 10.0. The number of carbonyl (C=O) groups excluding carboxylic acids is 1. The number of nitrogens with zero attached hydrogens (tertiary/aromatic N) is 1. The highest BCUT2D eigenvalue weighted by molar-refractivity contribution is 5.63. The number of carbonyl (C=O) groups is 1. The molecule has 2 N–H and O–H groups in total. The number of nitrogens with two attached hydrogens (primary N) is 1. The maximum atomic E-state index is 10.0. The SMILES string of the molecule is N#Cc1cc(C=CCC=O)ccc1N. The Kier molecular flexibility index (Phi) is 3.45. The van der Waals surface area contributed by atoms with Crippen molar-refractivity contribution in [2.75, 3.05) is 5.73 Å². The van der Waals surface area contributed by atoms with Gasteiger partial charge in [0.1, 0.15) is 12.4 Å². The summed E-state index contributed by atoms with van der Waals surface area (Å²) in [6, 6.07) is 7.17. The summed E-state index contributed by atoms with van der Waals surface area (Å²) in [7, 11) is 0. The molecule has 0 heterocycles. The van der Waals surface area contributed by atoms with Gasteiger partial charge in [-0.05, 0) is 17.7 Å². The summed E-state index contributed by atoms with van der Waals surface area (Å²) < 4.78 is 0. The lowest BCUT2D eigenvalue weighted by Gasteiger charge is -1.98.